The zero-order valence-electron chi connectivity index (χ0n) is 36.0. The Hall–Kier alpha value is -3.85. The molecular formula is C46H63N3O14. The second kappa shape index (κ2) is 21.0. The van der Waals surface area contributed by atoms with E-state index >= 15 is 0 Å². The number of hydroxylamine groups is 2. The molecule has 17 nitrogen and oxygen atoms in total. The summed E-state index contributed by atoms with van der Waals surface area (Å²) in [6.07, 6.45) is 0.841. The Balaban J connectivity index is 1.12. The van der Waals surface area contributed by atoms with Crippen molar-refractivity contribution in [1.29, 1.82) is 0 Å². The van der Waals surface area contributed by atoms with Crippen molar-refractivity contribution in [2.24, 2.45) is 5.41 Å². The minimum atomic E-state index is -1.55. The number of hydrogen-bond donors (Lipinski definition) is 7. The average Bonchev–Trinajstić information content (AvgIpc) is 3.84. The minimum absolute atomic E-state index is 0.0270. The lowest BCUT2D eigenvalue weighted by Gasteiger charge is -2.48. The molecule has 7 rings (SSSR count). The summed E-state index contributed by atoms with van der Waals surface area (Å²) >= 11 is 0. The molecule has 1 aliphatic carbocycles. The van der Waals surface area contributed by atoms with Gasteiger partial charge in [0.05, 0.1) is 26.4 Å². The first-order valence-corrected chi connectivity index (χ1v) is 22.4. The number of hydrogen-bond acceptors (Lipinski definition) is 15. The predicted octanol–water partition coefficient (Wildman–Crippen LogP) is 2.00. The van der Waals surface area contributed by atoms with E-state index < -0.39 is 90.8 Å². The van der Waals surface area contributed by atoms with Crippen molar-refractivity contribution in [2.45, 2.75) is 152 Å². The fraction of sp³-hybridized carbons (Fsp3) is 0.630. The molecule has 63 heavy (non-hydrogen) atoms. The van der Waals surface area contributed by atoms with Gasteiger partial charge in [-0.2, -0.15) is 5.06 Å². The van der Waals surface area contributed by atoms with Crippen LogP contribution in [0.15, 0.2) is 54.6 Å². The van der Waals surface area contributed by atoms with Gasteiger partial charge in [-0.15, -0.1) is 0 Å². The van der Waals surface area contributed by atoms with Gasteiger partial charge in [0.25, 0.3) is 5.91 Å². The highest BCUT2D eigenvalue weighted by Gasteiger charge is 2.76. The van der Waals surface area contributed by atoms with Crippen molar-refractivity contribution >= 4 is 23.9 Å². The third-order valence-corrected chi connectivity index (χ3v) is 12.8. The monoisotopic (exact) mass is 881 g/mol. The summed E-state index contributed by atoms with van der Waals surface area (Å²) in [7, 11) is 0. The van der Waals surface area contributed by atoms with Gasteiger partial charge in [-0.3, -0.25) is 19.2 Å². The van der Waals surface area contributed by atoms with Crippen LogP contribution in [0.2, 0.25) is 0 Å². The van der Waals surface area contributed by atoms with E-state index in [1.807, 2.05) is 24.3 Å². The van der Waals surface area contributed by atoms with Crippen LogP contribution in [-0.2, 0) is 51.2 Å². The second-order valence-corrected chi connectivity index (χ2v) is 17.3. The van der Waals surface area contributed by atoms with Crippen LogP contribution >= 0.6 is 0 Å². The van der Waals surface area contributed by atoms with Crippen molar-refractivity contribution in [3.63, 3.8) is 0 Å². The van der Waals surface area contributed by atoms with Crippen LogP contribution < -0.4 is 10.6 Å². The Morgan fingerprint density at radius 2 is 1.63 bits per heavy atom. The zero-order chi connectivity index (χ0) is 44.7. The molecule has 4 aliphatic heterocycles. The maximum Gasteiger partial charge on any atom is 0.327 e. The van der Waals surface area contributed by atoms with Crippen LogP contribution in [0.4, 0.5) is 0 Å². The lowest BCUT2D eigenvalue weighted by molar-refractivity contribution is -0.298. The van der Waals surface area contributed by atoms with E-state index in [0.29, 0.717) is 24.0 Å². The Morgan fingerprint density at radius 1 is 0.905 bits per heavy atom. The first kappa shape index (κ1) is 47.1. The molecule has 0 radical (unpaired) electrons. The lowest BCUT2D eigenvalue weighted by Crippen LogP contribution is -2.69. The third-order valence-electron chi connectivity index (χ3n) is 12.8. The molecule has 11 unspecified atom stereocenters. The summed E-state index contributed by atoms with van der Waals surface area (Å²) < 4.78 is 31.1. The molecule has 7 N–H and O–H groups in total. The SMILES string of the molecule is CCCCCC1(CCCCC)OC2C3CC4(C(=O)NCc5cccc(C(=O)NCCO)c5)C(ON(Cc5cccc(C=CCOC6OC(CO)C(O)C(O)C6O)c5)C4C(=O)O3)C2O1. The van der Waals surface area contributed by atoms with Gasteiger partial charge >= 0.3 is 5.97 Å². The molecule has 2 aromatic carbocycles. The Kier molecular flexibility index (Phi) is 15.7. The zero-order valence-corrected chi connectivity index (χ0v) is 36.0. The van der Waals surface area contributed by atoms with Gasteiger partial charge in [-0.05, 0) is 41.7 Å². The van der Waals surface area contributed by atoms with Crippen LogP contribution in [-0.4, -0.2) is 142 Å². The van der Waals surface area contributed by atoms with Gasteiger partial charge in [-0.1, -0.05) is 88.1 Å². The predicted molar refractivity (Wildman–Crippen MR) is 225 cm³/mol. The number of nitrogens with zero attached hydrogens (tertiary/aromatic N) is 1. The fourth-order valence-electron chi connectivity index (χ4n) is 9.65. The number of benzene rings is 2. The van der Waals surface area contributed by atoms with Crippen LogP contribution in [0, 0.1) is 5.41 Å². The summed E-state index contributed by atoms with van der Waals surface area (Å²) in [4.78, 5) is 48.7. The molecule has 4 heterocycles. The van der Waals surface area contributed by atoms with Crippen molar-refractivity contribution in [1.82, 2.24) is 15.7 Å². The molecule has 2 aromatic rings. The molecular weight excluding hydrogens is 819 g/mol. The number of aliphatic hydroxyl groups is 5. The maximum atomic E-state index is 14.9. The smallest absolute Gasteiger partial charge is 0.327 e. The van der Waals surface area contributed by atoms with Crippen LogP contribution in [0.1, 0.15) is 98.7 Å². The molecule has 0 spiro atoms. The number of ether oxygens (including phenoxy) is 5. The quantitative estimate of drug-likeness (QED) is 0.0702. The highest BCUT2D eigenvalue weighted by atomic mass is 16.8. The van der Waals surface area contributed by atoms with Gasteiger partial charge in [0.1, 0.15) is 54.2 Å². The van der Waals surface area contributed by atoms with Gasteiger partial charge in [0, 0.05) is 37.9 Å². The van der Waals surface area contributed by atoms with E-state index in [0.717, 1.165) is 49.7 Å². The van der Waals surface area contributed by atoms with E-state index in [9.17, 15) is 34.8 Å². The van der Waals surface area contributed by atoms with Gasteiger partial charge in [0.15, 0.2) is 18.1 Å². The van der Waals surface area contributed by atoms with E-state index in [1.54, 1.807) is 41.5 Å². The Bertz CT molecular complexity index is 1900. The van der Waals surface area contributed by atoms with E-state index in [2.05, 4.69) is 24.5 Å². The van der Waals surface area contributed by atoms with Gasteiger partial charge in [-0.25, -0.2) is 0 Å². The minimum Gasteiger partial charge on any atom is -0.458 e. The Morgan fingerprint density at radius 3 is 2.37 bits per heavy atom. The van der Waals surface area contributed by atoms with Crippen molar-refractivity contribution in [3.05, 3.63) is 76.9 Å². The normalized spacial score (nSPS) is 32.1. The number of fused-ring (bicyclic) bond motifs is 4. The number of rotatable bonds is 21. The number of aliphatic hydroxyl groups excluding tert-OH is 5. The molecule has 346 valence electrons. The summed E-state index contributed by atoms with van der Waals surface area (Å²) in [5.41, 5.74) is 1.16. The van der Waals surface area contributed by atoms with Gasteiger partial charge in [0.2, 0.25) is 5.91 Å². The Labute approximate surface area is 367 Å². The standard InChI is InChI=1S/C46H63N3O14/c1-3-5-7-17-45(18-8-6-4-2)61-37-32-24-46(44(57)48-25-29-13-10-16-31(23-29)41(55)47-19-20-50)39(42(56)59-32)49(63-40(46)38(37)62-45)26-30-14-9-12-28(22-30)15-11-21-58-43-36(54)35(53)34(52)33(27-51)60-43/h9-16,22-23,32-40,43,50-54H,3-8,17-21,24-27H2,1-2H3,(H,47,55)(H,48,57). The number of esters is 1. The van der Waals surface area contributed by atoms with E-state index in [-0.39, 0.29) is 45.2 Å². The van der Waals surface area contributed by atoms with Crippen molar-refractivity contribution in [3.8, 4) is 0 Å². The van der Waals surface area contributed by atoms with Crippen LogP contribution in [0.3, 0.4) is 0 Å². The molecule has 0 aromatic heterocycles. The summed E-state index contributed by atoms with van der Waals surface area (Å²) in [6, 6.07) is 13.2. The topological polar surface area (TPSA) is 235 Å². The van der Waals surface area contributed by atoms with Crippen molar-refractivity contribution < 1.29 is 68.4 Å². The summed E-state index contributed by atoms with van der Waals surface area (Å²) in [5, 5.41) is 56.4. The molecule has 4 saturated heterocycles. The highest BCUT2D eigenvalue weighted by molar-refractivity contribution is 5.95. The van der Waals surface area contributed by atoms with Crippen LogP contribution in [0.5, 0.6) is 0 Å². The number of carbonyl (C=O) groups excluding carboxylic acids is 3. The average molecular weight is 882 g/mol. The molecule has 17 heteroatoms. The number of nitrogens with one attached hydrogen (secondary N) is 2. The number of unbranched alkanes of at least 4 members (excludes halogenated alkanes) is 4. The lowest BCUT2D eigenvalue weighted by atomic mass is 9.62. The first-order valence-electron chi connectivity index (χ1n) is 22.4. The first-order chi connectivity index (χ1) is 30.5. The maximum absolute atomic E-state index is 14.9. The van der Waals surface area contributed by atoms with Crippen LogP contribution in [0.25, 0.3) is 6.08 Å². The second-order valence-electron chi connectivity index (χ2n) is 17.3. The molecule has 2 bridgehead atoms. The molecule has 2 amide bonds. The van der Waals surface area contributed by atoms with E-state index in [4.69, 9.17) is 33.6 Å². The molecule has 5 fully saturated rings. The molecule has 11 atom stereocenters. The van der Waals surface area contributed by atoms with Gasteiger partial charge < -0.3 is 59.9 Å². The molecule has 1 saturated carbocycles. The van der Waals surface area contributed by atoms with E-state index in [1.165, 1.54) is 0 Å². The number of carbonyl (C=O) groups is 3. The summed E-state index contributed by atoms with van der Waals surface area (Å²) in [6.45, 7) is 3.78. The summed E-state index contributed by atoms with van der Waals surface area (Å²) in [5.74, 6) is -2.26. The fourth-order valence-corrected chi connectivity index (χ4v) is 9.65. The molecule has 5 aliphatic rings. The van der Waals surface area contributed by atoms with Crippen molar-refractivity contribution in [2.75, 3.05) is 26.4 Å². The number of amides is 2. The largest absolute Gasteiger partial charge is 0.458 e. The highest BCUT2D eigenvalue weighted by Crippen LogP contribution is 2.58. The third kappa shape index (κ3) is 10.0.